The van der Waals surface area contributed by atoms with Crippen LogP contribution in [0.4, 0.5) is 5.95 Å². The number of aromatic nitrogens is 5. The summed E-state index contributed by atoms with van der Waals surface area (Å²) in [5.41, 5.74) is 5.56. The molecule has 0 aromatic carbocycles. The lowest BCUT2D eigenvalue weighted by Gasteiger charge is -1.97. The number of thioether (sulfide) groups is 1. The Hall–Kier alpha value is -1.57. The first-order chi connectivity index (χ1) is 7.70. The fourth-order valence-corrected chi connectivity index (χ4v) is 1.83. The second kappa shape index (κ2) is 4.52. The van der Waals surface area contributed by atoms with Gasteiger partial charge in [0.2, 0.25) is 11.8 Å². The lowest BCUT2D eigenvalue weighted by atomic mass is 10.5. The molecular weight excluding hydrogens is 228 g/mol. The van der Waals surface area contributed by atoms with Gasteiger partial charge in [-0.05, 0) is 0 Å². The minimum absolute atomic E-state index is 0.391. The minimum Gasteiger partial charge on any atom is -0.368 e. The topological polar surface area (TPSA) is 95.6 Å². The SMILES string of the molecule is CCc1noc(CSc2nnc(N)n2C)n1. The van der Waals surface area contributed by atoms with Crippen LogP contribution in [0.3, 0.4) is 0 Å². The summed E-state index contributed by atoms with van der Waals surface area (Å²) < 4.78 is 6.76. The molecule has 0 saturated carbocycles. The minimum atomic E-state index is 0.391. The maximum Gasteiger partial charge on any atom is 0.237 e. The van der Waals surface area contributed by atoms with E-state index in [1.54, 1.807) is 4.57 Å². The summed E-state index contributed by atoms with van der Waals surface area (Å²) in [6, 6.07) is 0. The molecule has 7 nitrogen and oxygen atoms in total. The number of hydrogen-bond acceptors (Lipinski definition) is 7. The average molecular weight is 240 g/mol. The van der Waals surface area contributed by atoms with Gasteiger partial charge in [-0.25, -0.2) is 0 Å². The van der Waals surface area contributed by atoms with Gasteiger partial charge in [-0.15, -0.1) is 10.2 Å². The second-order valence-electron chi connectivity index (χ2n) is 3.15. The van der Waals surface area contributed by atoms with Gasteiger partial charge in [0.1, 0.15) is 0 Å². The van der Waals surface area contributed by atoms with E-state index in [1.165, 1.54) is 11.8 Å². The molecule has 86 valence electrons. The van der Waals surface area contributed by atoms with E-state index in [-0.39, 0.29) is 0 Å². The van der Waals surface area contributed by atoms with Crippen LogP contribution >= 0.6 is 11.8 Å². The third kappa shape index (κ3) is 2.16. The zero-order valence-electron chi connectivity index (χ0n) is 9.04. The first kappa shape index (κ1) is 10.9. The van der Waals surface area contributed by atoms with Gasteiger partial charge in [0.15, 0.2) is 11.0 Å². The maximum absolute atomic E-state index is 5.56. The Morgan fingerprint density at radius 2 is 2.25 bits per heavy atom. The molecule has 0 spiro atoms. The third-order valence-corrected chi connectivity index (χ3v) is 3.02. The Kier molecular flexibility index (Phi) is 3.09. The first-order valence-electron chi connectivity index (χ1n) is 4.79. The molecule has 0 fully saturated rings. The molecule has 0 aliphatic carbocycles. The van der Waals surface area contributed by atoms with Gasteiger partial charge in [0.25, 0.3) is 0 Å². The van der Waals surface area contributed by atoms with Crippen LogP contribution in [0.25, 0.3) is 0 Å². The number of anilines is 1. The molecule has 0 saturated heterocycles. The van der Waals surface area contributed by atoms with E-state index in [1.807, 2.05) is 14.0 Å². The largest absolute Gasteiger partial charge is 0.368 e. The summed E-state index contributed by atoms with van der Waals surface area (Å²) in [6.07, 6.45) is 0.769. The van der Waals surface area contributed by atoms with Gasteiger partial charge in [0.05, 0.1) is 5.75 Å². The first-order valence-corrected chi connectivity index (χ1v) is 5.78. The van der Waals surface area contributed by atoms with Crippen LogP contribution in [0.2, 0.25) is 0 Å². The Morgan fingerprint density at radius 3 is 2.81 bits per heavy atom. The summed E-state index contributed by atoms with van der Waals surface area (Å²) >= 11 is 1.46. The predicted molar refractivity (Wildman–Crippen MR) is 58.7 cm³/mol. The van der Waals surface area contributed by atoms with Crippen LogP contribution in [-0.2, 0) is 19.2 Å². The zero-order chi connectivity index (χ0) is 11.5. The molecule has 2 rings (SSSR count). The number of nitrogens with two attached hydrogens (primary N) is 1. The Balaban J connectivity index is 1.99. The molecule has 0 unspecified atom stereocenters. The molecule has 0 aliphatic rings. The van der Waals surface area contributed by atoms with Crippen molar-refractivity contribution >= 4 is 17.7 Å². The lowest BCUT2D eigenvalue weighted by Crippen LogP contribution is -1.98. The smallest absolute Gasteiger partial charge is 0.237 e. The van der Waals surface area contributed by atoms with Crippen molar-refractivity contribution in [2.45, 2.75) is 24.3 Å². The van der Waals surface area contributed by atoms with Crippen LogP contribution in [0.1, 0.15) is 18.6 Å². The molecule has 8 heteroatoms. The Labute approximate surface area is 96.4 Å². The van der Waals surface area contributed by atoms with Gasteiger partial charge < -0.3 is 10.3 Å². The van der Waals surface area contributed by atoms with E-state index in [0.29, 0.717) is 23.4 Å². The van der Waals surface area contributed by atoms with E-state index < -0.39 is 0 Å². The van der Waals surface area contributed by atoms with Gasteiger partial charge in [-0.2, -0.15) is 4.98 Å². The summed E-state index contributed by atoms with van der Waals surface area (Å²) in [6.45, 7) is 1.98. The van der Waals surface area contributed by atoms with E-state index in [2.05, 4.69) is 20.3 Å². The standard InChI is InChI=1S/C8H12N6OS/c1-3-5-10-6(15-13-5)4-16-8-12-11-7(9)14(8)2/h3-4H2,1-2H3,(H2,9,11). The highest BCUT2D eigenvalue weighted by molar-refractivity contribution is 7.98. The average Bonchev–Trinajstić information content (AvgIpc) is 2.86. The van der Waals surface area contributed by atoms with Crippen molar-refractivity contribution in [3.63, 3.8) is 0 Å². The van der Waals surface area contributed by atoms with Crippen molar-refractivity contribution in [2.75, 3.05) is 5.73 Å². The van der Waals surface area contributed by atoms with Crippen molar-refractivity contribution in [2.24, 2.45) is 7.05 Å². The summed E-state index contributed by atoms with van der Waals surface area (Å²) in [5.74, 6) is 2.26. The molecule has 2 heterocycles. The molecular formula is C8H12N6OS. The van der Waals surface area contributed by atoms with Crippen molar-refractivity contribution in [3.8, 4) is 0 Å². The van der Waals surface area contributed by atoms with E-state index in [9.17, 15) is 0 Å². The fraction of sp³-hybridized carbons (Fsp3) is 0.500. The van der Waals surface area contributed by atoms with Crippen LogP contribution in [0.5, 0.6) is 0 Å². The monoisotopic (exact) mass is 240 g/mol. The van der Waals surface area contributed by atoms with Crippen LogP contribution in [0, 0.1) is 0 Å². The van der Waals surface area contributed by atoms with Crippen LogP contribution in [-0.4, -0.2) is 24.9 Å². The summed E-state index contributed by atoms with van der Waals surface area (Å²) in [4.78, 5) is 4.19. The van der Waals surface area contributed by atoms with Crippen molar-refractivity contribution in [1.82, 2.24) is 24.9 Å². The third-order valence-electron chi connectivity index (χ3n) is 2.02. The molecule has 16 heavy (non-hydrogen) atoms. The molecule has 2 aromatic rings. The summed E-state index contributed by atoms with van der Waals surface area (Å²) in [7, 11) is 1.81. The maximum atomic E-state index is 5.56. The highest BCUT2D eigenvalue weighted by atomic mass is 32.2. The molecule has 0 bridgehead atoms. The molecule has 0 aliphatic heterocycles. The predicted octanol–water partition coefficient (Wildman–Crippen LogP) is 0.635. The molecule has 2 N–H and O–H groups in total. The lowest BCUT2D eigenvalue weighted by molar-refractivity contribution is 0.385. The van der Waals surface area contributed by atoms with Gasteiger partial charge >= 0.3 is 0 Å². The van der Waals surface area contributed by atoms with Crippen molar-refractivity contribution < 1.29 is 4.52 Å². The second-order valence-corrected chi connectivity index (χ2v) is 4.09. The van der Waals surface area contributed by atoms with E-state index >= 15 is 0 Å². The molecule has 0 amide bonds. The summed E-state index contributed by atoms with van der Waals surface area (Å²) in [5, 5.41) is 12.2. The van der Waals surface area contributed by atoms with Crippen molar-refractivity contribution in [1.29, 1.82) is 0 Å². The molecule has 0 radical (unpaired) electrons. The normalized spacial score (nSPS) is 10.9. The number of hydrogen-bond donors (Lipinski definition) is 1. The number of aryl methyl sites for hydroxylation is 1. The molecule has 2 aromatic heterocycles. The zero-order valence-corrected chi connectivity index (χ0v) is 9.86. The van der Waals surface area contributed by atoms with Gasteiger partial charge in [-0.3, -0.25) is 4.57 Å². The number of nitrogens with zero attached hydrogens (tertiary/aromatic N) is 5. The molecule has 0 atom stereocenters. The van der Waals surface area contributed by atoms with Crippen LogP contribution < -0.4 is 5.73 Å². The van der Waals surface area contributed by atoms with E-state index in [4.69, 9.17) is 10.3 Å². The fourth-order valence-electron chi connectivity index (χ4n) is 1.07. The number of rotatable bonds is 4. The van der Waals surface area contributed by atoms with Gasteiger partial charge in [0, 0.05) is 13.5 Å². The highest BCUT2D eigenvalue weighted by Crippen LogP contribution is 2.20. The van der Waals surface area contributed by atoms with E-state index in [0.717, 1.165) is 11.6 Å². The number of nitrogen functional groups attached to an aromatic ring is 1. The van der Waals surface area contributed by atoms with Gasteiger partial charge in [-0.1, -0.05) is 23.8 Å². The Bertz CT molecular complexity index is 479. The highest BCUT2D eigenvalue weighted by Gasteiger charge is 2.09. The Morgan fingerprint density at radius 1 is 1.44 bits per heavy atom. The van der Waals surface area contributed by atoms with Crippen LogP contribution in [0.15, 0.2) is 9.68 Å². The van der Waals surface area contributed by atoms with Crippen molar-refractivity contribution in [3.05, 3.63) is 11.7 Å². The quantitative estimate of drug-likeness (QED) is 0.783.